The van der Waals surface area contributed by atoms with Crippen molar-refractivity contribution in [3.05, 3.63) is 54.1 Å². The lowest BCUT2D eigenvalue weighted by molar-refractivity contribution is -0.124. The van der Waals surface area contributed by atoms with Gasteiger partial charge in [0.15, 0.2) is 0 Å². The molecule has 0 radical (unpaired) electrons. The maximum Gasteiger partial charge on any atom is 0.267 e. The van der Waals surface area contributed by atoms with Crippen molar-refractivity contribution in [1.29, 1.82) is 0 Å². The number of amides is 1. The summed E-state index contributed by atoms with van der Waals surface area (Å²) >= 11 is 0. The summed E-state index contributed by atoms with van der Waals surface area (Å²) in [5.41, 5.74) is 4.51. The third-order valence-corrected chi connectivity index (χ3v) is 2.99. The molecule has 0 saturated carbocycles. The molecule has 0 bridgehead atoms. The lowest BCUT2D eigenvalue weighted by Gasteiger charge is -2.12. The van der Waals surface area contributed by atoms with Gasteiger partial charge in [-0.15, -0.1) is 0 Å². The van der Waals surface area contributed by atoms with Crippen LogP contribution >= 0.6 is 0 Å². The minimum absolute atomic E-state index is 0.580. The van der Waals surface area contributed by atoms with Gasteiger partial charge in [-0.25, -0.2) is 10.5 Å². The van der Waals surface area contributed by atoms with Crippen molar-refractivity contribution in [2.45, 2.75) is 6.54 Å². The summed E-state index contributed by atoms with van der Waals surface area (Å²) in [6.45, 7) is 0.709. The van der Waals surface area contributed by atoms with Gasteiger partial charge in [-0.1, -0.05) is 12.1 Å². The normalized spacial score (nSPS) is 10.8. The third kappa shape index (κ3) is 4.19. The van der Waals surface area contributed by atoms with Crippen LogP contribution in [0, 0.1) is 0 Å². The fraction of sp³-hybridized carbons (Fsp3) is 0.200. The maximum atomic E-state index is 10.9. The Morgan fingerprint density at radius 2 is 2.10 bits per heavy atom. The van der Waals surface area contributed by atoms with Gasteiger partial charge in [0.05, 0.1) is 12.0 Å². The number of hydrogen-bond acceptors (Lipinski definition) is 4. The second-order valence-electron chi connectivity index (χ2n) is 4.84. The molecule has 1 heterocycles. The van der Waals surface area contributed by atoms with Crippen LogP contribution in [-0.4, -0.2) is 34.8 Å². The van der Waals surface area contributed by atoms with Gasteiger partial charge >= 0.3 is 0 Å². The highest BCUT2D eigenvalue weighted by molar-refractivity contribution is 5.90. The van der Waals surface area contributed by atoms with E-state index in [4.69, 9.17) is 5.21 Å². The van der Waals surface area contributed by atoms with E-state index in [0.717, 1.165) is 5.69 Å². The minimum atomic E-state index is -0.580. The van der Waals surface area contributed by atoms with Crippen molar-refractivity contribution < 1.29 is 10.0 Å². The smallest absolute Gasteiger partial charge is 0.267 e. The number of nitrogens with zero attached hydrogens (tertiary/aromatic N) is 3. The molecule has 0 atom stereocenters. The third-order valence-electron chi connectivity index (χ3n) is 2.99. The molecular weight excluding hydrogens is 268 g/mol. The molecule has 1 aromatic carbocycles. The first-order valence-corrected chi connectivity index (χ1v) is 6.48. The molecule has 0 aliphatic rings. The number of aromatic nitrogens is 2. The number of anilines is 1. The van der Waals surface area contributed by atoms with Gasteiger partial charge in [-0.2, -0.15) is 0 Å². The predicted octanol–water partition coefficient (Wildman–Crippen LogP) is 1.52. The molecule has 110 valence electrons. The number of benzene rings is 1. The molecule has 0 fully saturated rings. The first-order valence-electron chi connectivity index (χ1n) is 6.48. The van der Waals surface area contributed by atoms with Gasteiger partial charge in [0.2, 0.25) is 0 Å². The van der Waals surface area contributed by atoms with Crippen LogP contribution in [0.25, 0.3) is 6.08 Å². The standard InChI is InChI=1S/C15H18N4O2/c1-18(2)14-6-3-12(4-7-14)9-19-10-13(16-11-19)5-8-15(20)17-21/h3-8,10-11,21H,9H2,1-2H3,(H,17,20)/b8-5+. The van der Waals surface area contributed by atoms with E-state index in [9.17, 15) is 4.79 Å². The first-order chi connectivity index (χ1) is 10.1. The molecule has 2 N–H and O–H groups in total. The van der Waals surface area contributed by atoms with Gasteiger partial charge in [-0.05, 0) is 23.8 Å². The lowest BCUT2D eigenvalue weighted by atomic mass is 10.2. The fourth-order valence-electron chi connectivity index (χ4n) is 1.86. The largest absolute Gasteiger partial charge is 0.378 e. The fourth-order valence-corrected chi connectivity index (χ4v) is 1.86. The Balaban J connectivity index is 2.02. The molecule has 1 amide bonds. The molecule has 0 spiro atoms. The van der Waals surface area contributed by atoms with E-state index in [-0.39, 0.29) is 0 Å². The Hall–Kier alpha value is -2.60. The topological polar surface area (TPSA) is 70.4 Å². The van der Waals surface area contributed by atoms with Gasteiger partial charge in [0.25, 0.3) is 5.91 Å². The van der Waals surface area contributed by atoms with E-state index in [1.807, 2.05) is 24.9 Å². The Kier molecular flexibility index (Phi) is 4.73. The summed E-state index contributed by atoms with van der Waals surface area (Å²) in [7, 11) is 4.01. The van der Waals surface area contributed by atoms with Gasteiger partial charge in [-0.3, -0.25) is 10.0 Å². The molecule has 1 aromatic heterocycles. The van der Waals surface area contributed by atoms with Gasteiger partial charge < -0.3 is 9.47 Å². The number of rotatable bonds is 5. The highest BCUT2D eigenvalue weighted by Crippen LogP contribution is 2.13. The predicted molar refractivity (Wildman–Crippen MR) is 81.1 cm³/mol. The molecule has 0 aliphatic carbocycles. The quantitative estimate of drug-likeness (QED) is 0.496. The first kappa shape index (κ1) is 14.8. The highest BCUT2D eigenvalue weighted by atomic mass is 16.5. The Bertz CT molecular complexity index is 629. The van der Waals surface area contributed by atoms with Gasteiger partial charge in [0, 0.05) is 38.6 Å². The number of carbonyl (C=O) groups is 1. The zero-order chi connectivity index (χ0) is 15.2. The van der Waals surface area contributed by atoms with E-state index in [1.54, 1.807) is 6.33 Å². The van der Waals surface area contributed by atoms with Crippen LogP contribution in [0.5, 0.6) is 0 Å². The van der Waals surface area contributed by atoms with E-state index < -0.39 is 5.91 Å². The van der Waals surface area contributed by atoms with E-state index >= 15 is 0 Å². The molecule has 0 saturated heterocycles. The number of nitrogens with one attached hydrogen (secondary N) is 1. The minimum Gasteiger partial charge on any atom is -0.378 e. The Morgan fingerprint density at radius 1 is 1.38 bits per heavy atom. The van der Waals surface area contributed by atoms with Crippen LogP contribution in [0.2, 0.25) is 0 Å². The van der Waals surface area contributed by atoms with Crippen molar-refractivity contribution in [3.63, 3.8) is 0 Å². The average molecular weight is 286 g/mol. The van der Waals surface area contributed by atoms with Gasteiger partial charge in [0.1, 0.15) is 0 Å². The molecule has 2 rings (SSSR count). The molecule has 2 aromatic rings. The monoisotopic (exact) mass is 286 g/mol. The summed E-state index contributed by atoms with van der Waals surface area (Å²) in [6.07, 6.45) is 6.30. The number of hydrogen-bond donors (Lipinski definition) is 2. The summed E-state index contributed by atoms with van der Waals surface area (Å²) < 4.78 is 1.93. The van der Waals surface area contributed by atoms with Crippen molar-refractivity contribution in [2.75, 3.05) is 19.0 Å². The van der Waals surface area contributed by atoms with Crippen molar-refractivity contribution in [2.24, 2.45) is 0 Å². The summed E-state index contributed by atoms with van der Waals surface area (Å²) in [6, 6.07) is 8.28. The van der Waals surface area contributed by atoms with Crippen molar-refractivity contribution in [1.82, 2.24) is 15.0 Å². The zero-order valence-corrected chi connectivity index (χ0v) is 12.0. The maximum absolute atomic E-state index is 10.9. The molecular formula is C15H18N4O2. The van der Waals surface area contributed by atoms with Crippen molar-refractivity contribution >= 4 is 17.7 Å². The second kappa shape index (κ2) is 6.71. The Labute approximate surface area is 123 Å². The summed E-state index contributed by atoms with van der Waals surface area (Å²) in [5, 5.41) is 8.39. The molecule has 21 heavy (non-hydrogen) atoms. The number of hydroxylamine groups is 1. The van der Waals surface area contributed by atoms with E-state index in [1.165, 1.54) is 23.2 Å². The van der Waals surface area contributed by atoms with Crippen molar-refractivity contribution in [3.8, 4) is 0 Å². The molecule has 0 aliphatic heterocycles. The van der Waals surface area contributed by atoms with Crippen LogP contribution in [0.3, 0.4) is 0 Å². The van der Waals surface area contributed by atoms with E-state index in [2.05, 4.69) is 34.1 Å². The van der Waals surface area contributed by atoms with E-state index in [0.29, 0.717) is 12.2 Å². The van der Waals surface area contributed by atoms with Crippen LogP contribution in [0.1, 0.15) is 11.3 Å². The molecule has 0 unspecified atom stereocenters. The number of imidazole rings is 1. The zero-order valence-electron chi connectivity index (χ0n) is 12.0. The molecule has 6 nitrogen and oxygen atoms in total. The Morgan fingerprint density at radius 3 is 2.71 bits per heavy atom. The second-order valence-corrected chi connectivity index (χ2v) is 4.84. The summed E-state index contributed by atoms with van der Waals surface area (Å²) in [4.78, 5) is 17.1. The number of carbonyl (C=O) groups excluding carboxylic acids is 1. The SMILES string of the molecule is CN(C)c1ccc(Cn2cnc(/C=C/C(=O)NO)c2)cc1. The highest BCUT2D eigenvalue weighted by Gasteiger charge is 2.00. The average Bonchev–Trinajstić information content (AvgIpc) is 2.93. The van der Waals surface area contributed by atoms with Crippen LogP contribution in [0.4, 0.5) is 5.69 Å². The van der Waals surface area contributed by atoms with Crippen LogP contribution < -0.4 is 10.4 Å². The lowest BCUT2D eigenvalue weighted by Crippen LogP contribution is -2.14. The van der Waals surface area contributed by atoms with Crippen LogP contribution in [-0.2, 0) is 11.3 Å². The molecule has 6 heteroatoms. The summed E-state index contributed by atoms with van der Waals surface area (Å²) in [5.74, 6) is -0.580. The van der Waals surface area contributed by atoms with Crippen LogP contribution in [0.15, 0.2) is 42.9 Å².